The zero-order chi connectivity index (χ0) is 14.9. The number of nitrogens with zero attached hydrogens (tertiary/aromatic N) is 5. The maximum atomic E-state index is 10.7. The Morgan fingerprint density at radius 1 is 1.50 bits per heavy atom. The molecule has 0 bridgehead atoms. The second-order valence-corrected chi connectivity index (χ2v) is 6.03. The van der Waals surface area contributed by atoms with Gasteiger partial charge in [-0.3, -0.25) is 4.57 Å². The first kappa shape index (κ1) is 15.1. The van der Waals surface area contributed by atoms with E-state index in [2.05, 4.69) is 20.3 Å². The third kappa shape index (κ3) is 3.62. The Balaban J connectivity index is 2.16. The Hall–Kier alpha value is -1.32. The topological polar surface area (TPSA) is 149 Å². The predicted molar refractivity (Wildman–Crippen MR) is 70.0 cm³/mol. The van der Waals surface area contributed by atoms with Crippen molar-refractivity contribution in [2.75, 3.05) is 12.1 Å². The van der Waals surface area contributed by atoms with Crippen LogP contribution >= 0.6 is 19.2 Å². The van der Waals surface area contributed by atoms with Gasteiger partial charge in [0.2, 0.25) is 5.95 Å². The number of aromatic nitrogens is 5. The molecule has 2 aromatic heterocycles. The fourth-order valence-electron chi connectivity index (χ4n) is 1.48. The summed E-state index contributed by atoms with van der Waals surface area (Å²) >= 11 is 5.85. The normalized spacial score (nSPS) is 13.8. The van der Waals surface area contributed by atoms with Gasteiger partial charge in [0, 0.05) is 0 Å². The lowest BCUT2D eigenvalue weighted by molar-refractivity contribution is 0.0735. The summed E-state index contributed by atoms with van der Waals surface area (Å²) in [5.74, 6) is -0.0187. The number of nitrogens with two attached hydrogens (primary N) is 1. The highest BCUT2D eigenvalue weighted by atomic mass is 35.5. The van der Waals surface area contributed by atoms with Crippen molar-refractivity contribution in [1.29, 1.82) is 0 Å². The summed E-state index contributed by atoms with van der Waals surface area (Å²) < 4.78 is 17.1. The lowest BCUT2D eigenvalue weighted by Crippen LogP contribution is -2.18. The Bertz CT molecular complexity index is 672. The van der Waals surface area contributed by atoms with E-state index in [1.54, 1.807) is 6.92 Å². The summed E-state index contributed by atoms with van der Waals surface area (Å²) in [6, 6.07) is 0. The van der Waals surface area contributed by atoms with Gasteiger partial charge in [-0.25, -0.2) is 4.68 Å². The minimum Gasteiger partial charge on any atom is -0.368 e. The molecule has 2 heterocycles. The highest BCUT2D eigenvalue weighted by molar-refractivity contribution is 7.51. The fraction of sp³-hybridized carbons (Fsp3) is 0.500. The van der Waals surface area contributed by atoms with Crippen molar-refractivity contribution >= 4 is 36.3 Å². The largest absolute Gasteiger partial charge is 0.368 e. The second kappa shape index (κ2) is 5.58. The van der Waals surface area contributed by atoms with Crippen LogP contribution in [-0.2, 0) is 15.8 Å². The third-order valence-electron chi connectivity index (χ3n) is 2.29. The van der Waals surface area contributed by atoms with Crippen LogP contribution in [-0.4, -0.2) is 47.2 Å². The number of nitrogen functional groups attached to an aromatic ring is 1. The molecule has 2 aromatic rings. The number of anilines is 1. The molecule has 0 spiro atoms. The molecule has 20 heavy (non-hydrogen) atoms. The van der Waals surface area contributed by atoms with Gasteiger partial charge in [-0.2, -0.15) is 9.97 Å². The molecule has 0 radical (unpaired) electrons. The Labute approximate surface area is 118 Å². The van der Waals surface area contributed by atoms with Crippen molar-refractivity contribution in [1.82, 2.24) is 25.0 Å². The monoisotopic (exact) mass is 322 g/mol. The summed E-state index contributed by atoms with van der Waals surface area (Å²) in [5, 5.41) is 7.73. The number of halogens is 1. The molecule has 0 unspecified atom stereocenters. The van der Waals surface area contributed by atoms with Gasteiger partial charge in [-0.1, -0.05) is 16.8 Å². The highest BCUT2D eigenvalue weighted by Crippen LogP contribution is 2.34. The maximum Gasteiger partial charge on any atom is 0.350 e. The first-order chi connectivity index (χ1) is 9.26. The quantitative estimate of drug-likeness (QED) is 0.510. The SMILES string of the molecule is C[C@H](Cn1nnc2c(Cl)nc(N)nc21)OCP(=O)(O)O. The van der Waals surface area contributed by atoms with Crippen LogP contribution in [0.5, 0.6) is 0 Å². The molecule has 0 saturated heterocycles. The Kier molecular flexibility index (Phi) is 4.21. The zero-order valence-electron chi connectivity index (χ0n) is 10.3. The van der Waals surface area contributed by atoms with Crippen LogP contribution in [0.3, 0.4) is 0 Å². The van der Waals surface area contributed by atoms with E-state index in [4.69, 9.17) is 31.9 Å². The van der Waals surface area contributed by atoms with E-state index in [1.807, 2.05) is 0 Å². The van der Waals surface area contributed by atoms with E-state index >= 15 is 0 Å². The zero-order valence-corrected chi connectivity index (χ0v) is 12.0. The number of fused-ring (bicyclic) bond motifs is 1. The maximum absolute atomic E-state index is 10.7. The molecule has 0 aliphatic rings. The smallest absolute Gasteiger partial charge is 0.350 e. The van der Waals surface area contributed by atoms with Crippen LogP contribution in [0.25, 0.3) is 11.2 Å². The molecular formula is C8H12ClN6O4P. The van der Waals surface area contributed by atoms with Crippen molar-refractivity contribution in [2.45, 2.75) is 19.6 Å². The van der Waals surface area contributed by atoms with Crippen LogP contribution in [0.1, 0.15) is 6.92 Å². The van der Waals surface area contributed by atoms with Gasteiger partial charge in [-0.05, 0) is 6.92 Å². The average molecular weight is 323 g/mol. The van der Waals surface area contributed by atoms with Gasteiger partial charge in [0.05, 0.1) is 12.6 Å². The van der Waals surface area contributed by atoms with E-state index < -0.39 is 20.0 Å². The fourth-order valence-corrected chi connectivity index (χ4v) is 2.14. The molecule has 1 atom stereocenters. The van der Waals surface area contributed by atoms with Crippen LogP contribution in [0.15, 0.2) is 0 Å². The van der Waals surface area contributed by atoms with E-state index in [9.17, 15) is 4.57 Å². The molecule has 0 saturated carbocycles. The Morgan fingerprint density at radius 3 is 2.85 bits per heavy atom. The number of hydrogen-bond donors (Lipinski definition) is 3. The summed E-state index contributed by atoms with van der Waals surface area (Å²) in [6.45, 7) is 1.82. The lowest BCUT2D eigenvalue weighted by atomic mass is 10.4. The van der Waals surface area contributed by atoms with Crippen molar-refractivity contribution in [3.63, 3.8) is 0 Å². The first-order valence-electron chi connectivity index (χ1n) is 5.44. The molecule has 2 rings (SSSR count). The van der Waals surface area contributed by atoms with Crippen LogP contribution in [0, 0.1) is 0 Å². The van der Waals surface area contributed by atoms with Gasteiger partial charge in [0.15, 0.2) is 16.3 Å². The first-order valence-corrected chi connectivity index (χ1v) is 7.62. The van der Waals surface area contributed by atoms with Gasteiger partial charge < -0.3 is 20.3 Å². The number of hydrogen-bond acceptors (Lipinski definition) is 7. The van der Waals surface area contributed by atoms with E-state index in [1.165, 1.54) is 4.68 Å². The summed E-state index contributed by atoms with van der Waals surface area (Å²) in [6.07, 6.45) is -1.18. The van der Waals surface area contributed by atoms with Gasteiger partial charge in [-0.15, -0.1) is 5.10 Å². The summed E-state index contributed by atoms with van der Waals surface area (Å²) in [4.78, 5) is 25.2. The standard InChI is InChI=1S/C8H12ClN6O4P/c1-4(19-3-20(16,17)18)2-15-7-5(13-14-15)6(9)11-8(10)12-7/h4H,2-3H2,1H3,(H2,10,11,12)(H2,16,17,18)/t4-/m1/s1. The second-order valence-electron chi connectivity index (χ2n) is 4.09. The molecule has 0 aliphatic heterocycles. The molecule has 0 amide bonds. The molecule has 0 aromatic carbocycles. The molecule has 0 fully saturated rings. The number of ether oxygens (including phenoxy) is 1. The number of rotatable bonds is 5. The van der Waals surface area contributed by atoms with Crippen LogP contribution in [0.4, 0.5) is 5.95 Å². The van der Waals surface area contributed by atoms with E-state index in [-0.39, 0.29) is 17.6 Å². The summed E-state index contributed by atoms with van der Waals surface area (Å²) in [7, 11) is -4.21. The van der Waals surface area contributed by atoms with Crippen LogP contribution in [0.2, 0.25) is 5.15 Å². The van der Waals surface area contributed by atoms with Crippen molar-refractivity contribution < 1.29 is 19.1 Å². The minimum absolute atomic E-state index is 0.0187. The molecular weight excluding hydrogens is 311 g/mol. The Morgan fingerprint density at radius 2 is 2.20 bits per heavy atom. The van der Waals surface area contributed by atoms with Gasteiger partial charge >= 0.3 is 7.60 Å². The van der Waals surface area contributed by atoms with Gasteiger partial charge in [0.1, 0.15) is 6.35 Å². The lowest BCUT2D eigenvalue weighted by Gasteiger charge is -2.13. The van der Waals surface area contributed by atoms with Crippen LogP contribution < -0.4 is 5.73 Å². The molecule has 10 nitrogen and oxygen atoms in total. The molecule has 0 aliphatic carbocycles. The highest BCUT2D eigenvalue weighted by Gasteiger charge is 2.18. The van der Waals surface area contributed by atoms with E-state index in [0.29, 0.717) is 11.2 Å². The predicted octanol–water partition coefficient (Wildman–Crippen LogP) is -0.00280. The van der Waals surface area contributed by atoms with Crippen molar-refractivity contribution in [2.24, 2.45) is 0 Å². The van der Waals surface area contributed by atoms with Gasteiger partial charge in [0.25, 0.3) is 0 Å². The minimum atomic E-state index is -4.21. The van der Waals surface area contributed by atoms with E-state index in [0.717, 1.165) is 0 Å². The molecule has 12 heteroatoms. The molecule has 4 N–H and O–H groups in total. The average Bonchev–Trinajstić information content (AvgIpc) is 2.69. The molecule has 110 valence electrons. The summed E-state index contributed by atoms with van der Waals surface area (Å²) in [5.41, 5.74) is 6.11. The third-order valence-corrected chi connectivity index (χ3v) is 3.04. The van der Waals surface area contributed by atoms with Crippen molar-refractivity contribution in [3.05, 3.63) is 5.15 Å². The van der Waals surface area contributed by atoms with Crippen molar-refractivity contribution in [3.8, 4) is 0 Å².